The van der Waals surface area contributed by atoms with E-state index in [2.05, 4.69) is 10.1 Å². The molecule has 0 saturated carbocycles. The van der Waals surface area contributed by atoms with Crippen LogP contribution in [0.15, 0.2) is 30.0 Å². The van der Waals surface area contributed by atoms with Crippen molar-refractivity contribution in [2.75, 3.05) is 12.4 Å². The Balaban J connectivity index is 2.38. The summed E-state index contributed by atoms with van der Waals surface area (Å²) in [6.07, 6.45) is 1.66. The molecule has 16 heavy (non-hydrogen) atoms. The Labute approximate surface area is 99.1 Å². The number of carbonyl (C=O) groups is 1. The molecule has 0 amide bonds. The Morgan fingerprint density at radius 1 is 1.50 bits per heavy atom. The molecule has 3 nitrogen and oxygen atoms in total. The number of benzene rings is 1. The number of allylic oxidation sites excluding steroid dienone is 1. The highest BCUT2D eigenvalue weighted by molar-refractivity contribution is 6.23. The van der Waals surface area contributed by atoms with Crippen molar-refractivity contribution in [1.82, 2.24) is 0 Å². The molecular weight excluding hydrogens is 226 g/mol. The molecule has 1 N–H and O–H groups in total. The third-order valence-electron chi connectivity index (χ3n) is 2.49. The second kappa shape index (κ2) is 4.18. The first-order valence-electron chi connectivity index (χ1n) is 4.93. The maximum absolute atomic E-state index is 11.4. The molecule has 1 aromatic rings. The van der Waals surface area contributed by atoms with E-state index in [-0.39, 0.29) is 5.38 Å². The van der Waals surface area contributed by atoms with Crippen molar-refractivity contribution in [2.45, 2.75) is 12.3 Å². The van der Waals surface area contributed by atoms with Crippen LogP contribution in [0.1, 0.15) is 16.5 Å². The standard InChI is InChI=1S/C12H12ClNO2/c1-7-3-4-8-9(13)6-11(12(15)16-2)14-10(8)5-7/h3-6,9,14H,1-2H3. The van der Waals surface area contributed by atoms with Crippen LogP contribution in [0.4, 0.5) is 5.69 Å². The summed E-state index contributed by atoms with van der Waals surface area (Å²) in [5.74, 6) is -0.405. The van der Waals surface area contributed by atoms with Gasteiger partial charge in [-0.1, -0.05) is 12.1 Å². The lowest BCUT2D eigenvalue weighted by Crippen LogP contribution is -2.18. The summed E-state index contributed by atoms with van der Waals surface area (Å²) in [5.41, 5.74) is 3.34. The number of aryl methyl sites for hydroxylation is 1. The van der Waals surface area contributed by atoms with Crippen LogP contribution in [0.5, 0.6) is 0 Å². The third kappa shape index (κ3) is 1.91. The second-order valence-electron chi connectivity index (χ2n) is 3.69. The average Bonchev–Trinajstić information content (AvgIpc) is 2.27. The second-order valence-corrected chi connectivity index (χ2v) is 4.16. The maximum atomic E-state index is 11.4. The van der Waals surface area contributed by atoms with Gasteiger partial charge in [-0.3, -0.25) is 0 Å². The quantitative estimate of drug-likeness (QED) is 0.603. The Kier molecular flexibility index (Phi) is 2.88. The van der Waals surface area contributed by atoms with E-state index in [0.29, 0.717) is 5.70 Å². The Morgan fingerprint density at radius 3 is 2.94 bits per heavy atom. The summed E-state index contributed by atoms with van der Waals surface area (Å²) in [6, 6.07) is 5.91. The van der Waals surface area contributed by atoms with Gasteiger partial charge in [0.15, 0.2) is 0 Å². The summed E-state index contributed by atoms with van der Waals surface area (Å²) in [6.45, 7) is 1.99. The number of methoxy groups -OCH3 is 1. The van der Waals surface area contributed by atoms with Crippen LogP contribution in [-0.2, 0) is 9.53 Å². The minimum Gasteiger partial charge on any atom is -0.464 e. The van der Waals surface area contributed by atoms with Crippen molar-refractivity contribution in [3.63, 3.8) is 0 Å². The number of fused-ring (bicyclic) bond motifs is 1. The zero-order valence-corrected chi connectivity index (χ0v) is 9.84. The van der Waals surface area contributed by atoms with Gasteiger partial charge in [-0.25, -0.2) is 4.79 Å². The zero-order valence-electron chi connectivity index (χ0n) is 9.08. The molecule has 1 heterocycles. The molecule has 2 rings (SSSR count). The summed E-state index contributed by atoms with van der Waals surface area (Å²) in [7, 11) is 1.35. The predicted octanol–water partition coefficient (Wildman–Crippen LogP) is 2.76. The van der Waals surface area contributed by atoms with Gasteiger partial charge in [-0.15, -0.1) is 11.6 Å². The van der Waals surface area contributed by atoms with Gasteiger partial charge >= 0.3 is 5.97 Å². The summed E-state index contributed by atoms with van der Waals surface area (Å²) < 4.78 is 4.65. The van der Waals surface area contributed by atoms with Gasteiger partial charge in [-0.05, 0) is 30.2 Å². The van der Waals surface area contributed by atoms with Gasteiger partial charge in [0, 0.05) is 5.69 Å². The van der Waals surface area contributed by atoms with E-state index in [1.165, 1.54) is 7.11 Å². The Hall–Kier alpha value is -1.48. The molecule has 0 bridgehead atoms. The molecule has 0 fully saturated rings. The van der Waals surface area contributed by atoms with E-state index in [9.17, 15) is 4.79 Å². The van der Waals surface area contributed by atoms with Crippen molar-refractivity contribution in [1.29, 1.82) is 0 Å². The lowest BCUT2D eigenvalue weighted by Gasteiger charge is -2.21. The van der Waals surface area contributed by atoms with Crippen LogP contribution in [0, 0.1) is 6.92 Å². The molecule has 1 aliphatic rings. The van der Waals surface area contributed by atoms with E-state index in [0.717, 1.165) is 16.8 Å². The first-order valence-corrected chi connectivity index (χ1v) is 5.37. The van der Waals surface area contributed by atoms with Crippen LogP contribution >= 0.6 is 11.6 Å². The normalized spacial score (nSPS) is 18.2. The van der Waals surface area contributed by atoms with Crippen molar-refractivity contribution in [3.05, 3.63) is 41.1 Å². The van der Waals surface area contributed by atoms with E-state index in [1.54, 1.807) is 6.08 Å². The van der Waals surface area contributed by atoms with E-state index in [1.807, 2.05) is 25.1 Å². The van der Waals surface area contributed by atoms with Crippen molar-refractivity contribution < 1.29 is 9.53 Å². The number of halogens is 1. The first kappa shape index (κ1) is 11.0. The number of carbonyl (C=O) groups excluding carboxylic acids is 1. The number of anilines is 1. The highest BCUT2D eigenvalue weighted by Gasteiger charge is 2.22. The van der Waals surface area contributed by atoms with Gasteiger partial charge in [0.1, 0.15) is 5.70 Å². The molecule has 0 spiro atoms. The van der Waals surface area contributed by atoms with Crippen LogP contribution in [0.3, 0.4) is 0 Å². The van der Waals surface area contributed by atoms with E-state index in [4.69, 9.17) is 11.6 Å². The molecular formula is C12H12ClNO2. The third-order valence-corrected chi connectivity index (χ3v) is 2.85. The van der Waals surface area contributed by atoms with Crippen LogP contribution in [-0.4, -0.2) is 13.1 Å². The fraction of sp³-hybridized carbons (Fsp3) is 0.250. The molecule has 0 aliphatic carbocycles. The predicted molar refractivity (Wildman–Crippen MR) is 63.5 cm³/mol. The number of alkyl halides is 1. The summed E-state index contributed by atoms with van der Waals surface area (Å²) >= 11 is 6.17. The van der Waals surface area contributed by atoms with Crippen LogP contribution < -0.4 is 5.32 Å². The van der Waals surface area contributed by atoms with Crippen LogP contribution in [0.2, 0.25) is 0 Å². The molecule has 1 aliphatic heterocycles. The Bertz CT molecular complexity index is 468. The lowest BCUT2D eigenvalue weighted by atomic mass is 10.0. The van der Waals surface area contributed by atoms with Gasteiger partial charge < -0.3 is 10.1 Å². The first-order chi connectivity index (χ1) is 7.61. The summed E-state index contributed by atoms with van der Waals surface area (Å²) in [5, 5.41) is 2.72. The molecule has 0 saturated heterocycles. The SMILES string of the molecule is COC(=O)C1=CC(Cl)c2ccc(C)cc2N1. The minimum absolute atomic E-state index is 0.300. The fourth-order valence-corrected chi connectivity index (χ4v) is 1.99. The number of hydrogen-bond acceptors (Lipinski definition) is 3. The maximum Gasteiger partial charge on any atom is 0.354 e. The zero-order chi connectivity index (χ0) is 11.7. The minimum atomic E-state index is -0.405. The molecule has 84 valence electrons. The van der Waals surface area contributed by atoms with Gasteiger partial charge in [0.05, 0.1) is 12.5 Å². The number of nitrogens with one attached hydrogen (secondary N) is 1. The van der Waals surface area contributed by atoms with E-state index >= 15 is 0 Å². The highest BCUT2D eigenvalue weighted by Crippen LogP contribution is 2.35. The largest absolute Gasteiger partial charge is 0.464 e. The molecule has 4 heteroatoms. The molecule has 1 aromatic carbocycles. The van der Waals surface area contributed by atoms with Crippen LogP contribution in [0.25, 0.3) is 0 Å². The van der Waals surface area contributed by atoms with Crippen molar-refractivity contribution in [2.24, 2.45) is 0 Å². The lowest BCUT2D eigenvalue weighted by molar-refractivity contribution is -0.135. The van der Waals surface area contributed by atoms with Gasteiger partial charge in [0.2, 0.25) is 0 Å². The fourth-order valence-electron chi connectivity index (χ4n) is 1.67. The number of hydrogen-bond donors (Lipinski definition) is 1. The molecule has 0 aromatic heterocycles. The molecule has 1 unspecified atom stereocenters. The van der Waals surface area contributed by atoms with Gasteiger partial charge in [0.25, 0.3) is 0 Å². The average molecular weight is 238 g/mol. The highest BCUT2D eigenvalue weighted by atomic mass is 35.5. The number of rotatable bonds is 1. The topological polar surface area (TPSA) is 38.3 Å². The number of esters is 1. The molecule has 1 atom stereocenters. The van der Waals surface area contributed by atoms with Crippen molar-refractivity contribution >= 4 is 23.3 Å². The monoisotopic (exact) mass is 237 g/mol. The summed E-state index contributed by atoms with van der Waals surface area (Å²) in [4.78, 5) is 11.4. The smallest absolute Gasteiger partial charge is 0.354 e. The number of ether oxygens (including phenoxy) is 1. The van der Waals surface area contributed by atoms with Crippen molar-refractivity contribution in [3.8, 4) is 0 Å². The van der Waals surface area contributed by atoms with E-state index < -0.39 is 5.97 Å². The Morgan fingerprint density at radius 2 is 2.25 bits per heavy atom. The van der Waals surface area contributed by atoms with Gasteiger partial charge in [-0.2, -0.15) is 0 Å². The molecule has 0 radical (unpaired) electrons.